The number of carbonyl (C=O) groups is 1. The molecule has 0 aliphatic heterocycles. The molecule has 2 unspecified atom stereocenters. The van der Waals surface area contributed by atoms with Gasteiger partial charge in [-0.3, -0.25) is 4.79 Å². The fourth-order valence-corrected chi connectivity index (χ4v) is 1.86. The second-order valence-corrected chi connectivity index (χ2v) is 5.14. The number of hydrogen-bond acceptors (Lipinski definition) is 3. The van der Waals surface area contributed by atoms with Crippen molar-refractivity contribution in [3.8, 4) is 0 Å². The number of alkyl halides is 3. The van der Waals surface area contributed by atoms with E-state index in [1.54, 1.807) is 6.92 Å². The van der Waals surface area contributed by atoms with Crippen LogP contribution >= 0.6 is 0 Å². The Morgan fingerprint density at radius 3 is 2.62 bits per heavy atom. The number of nitrogens with zero attached hydrogens (tertiary/aromatic N) is 1. The van der Waals surface area contributed by atoms with Crippen LogP contribution in [-0.4, -0.2) is 22.1 Å². The molecule has 118 valence electrons. The maximum atomic E-state index is 12.6. The molecule has 0 spiro atoms. The Morgan fingerprint density at radius 1 is 1.38 bits per heavy atom. The zero-order valence-electron chi connectivity index (χ0n) is 11.9. The molecule has 1 aromatic rings. The van der Waals surface area contributed by atoms with Gasteiger partial charge in [-0.15, -0.1) is 0 Å². The van der Waals surface area contributed by atoms with Crippen molar-refractivity contribution in [2.75, 3.05) is 5.32 Å². The largest absolute Gasteiger partial charge is 0.481 e. The molecule has 0 aliphatic rings. The SMILES string of the molecule is CC(CCCC(C)C(=O)O)Nc1cc(C(F)(F)F)ccn1. The number of hydrogen-bond donors (Lipinski definition) is 2. The van der Waals surface area contributed by atoms with Gasteiger partial charge in [0, 0.05) is 12.2 Å². The Bertz CT molecular complexity index is 478. The quantitative estimate of drug-likeness (QED) is 0.804. The normalized spacial score (nSPS) is 14.5. The van der Waals surface area contributed by atoms with E-state index in [1.807, 2.05) is 6.92 Å². The van der Waals surface area contributed by atoms with Crippen LogP contribution in [-0.2, 0) is 11.0 Å². The van der Waals surface area contributed by atoms with Gasteiger partial charge in [-0.25, -0.2) is 4.98 Å². The molecular formula is C14H19F3N2O2. The molecule has 0 aliphatic carbocycles. The number of carboxylic acids is 1. The fraction of sp³-hybridized carbons (Fsp3) is 0.571. The number of aromatic nitrogens is 1. The van der Waals surface area contributed by atoms with Crippen molar-refractivity contribution in [2.45, 2.75) is 45.3 Å². The van der Waals surface area contributed by atoms with Crippen LogP contribution in [0.5, 0.6) is 0 Å². The van der Waals surface area contributed by atoms with E-state index in [9.17, 15) is 18.0 Å². The zero-order chi connectivity index (χ0) is 16.0. The molecule has 1 aromatic heterocycles. The molecule has 2 N–H and O–H groups in total. The third-order valence-electron chi connectivity index (χ3n) is 3.18. The number of aliphatic carboxylic acids is 1. The summed E-state index contributed by atoms with van der Waals surface area (Å²) >= 11 is 0. The molecular weight excluding hydrogens is 285 g/mol. The van der Waals surface area contributed by atoms with Gasteiger partial charge in [-0.05, 0) is 31.9 Å². The highest BCUT2D eigenvalue weighted by atomic mass is 19.4. The van der Waals surface area contributed by atoms with Gasteiger partial charge in [0.25, 0.3) is 0 Å². The van der Waals surface area contributed by atoms with Crippen LogP contribution in [0.25, 0.3) is 0 Å². The molecule has 7 heteroatoms. The summed E-state index contributed by atoms with van der Waals surface area (Å²) in [7, 11) is 0. The molecule has 0 aromatic carbocycles. The summed E-state index contributed by atoms with van der Waals surface area (Å²) in [6.45, 7) is 3.46. The topological polar surface area (TPSA) is 62.2 Å². The van der Waals surface area contributed by atoms with Crippen LogP contribution in [0, 0.1) is 5.92 Å². The molecule has 0 saturated carbocycles. The van der Waals surface area contributed by atoms with Crippen LogP contribution in [0.3, 0.4) is 0 Å². The third-order valence-corrected chi connectivity index (χ3v) is 3.18. The summed E-state index contributed by atoms with van der Waals surface area (Å²) in [6, 6.07) is 1.81. The number of halogens is 3. The molecule has 2 atom stereocenters. The number of rotatable bonds is 7. The second-order valence-electron chi connectivity index (χ2n) is 5.14. The van der Waals surface area contributed by atoms with Crippen molar-refractivity contribution in [3.05, 3.63) is 23.9 Å². The summed E-state index contributed by atoms with van der Waals surface area (Å²) in [6.07, 6.45) is -1.39. The smallest absolute Gasteiger partial charge is 0.416 e. The molecule has 4 nitrogen and oxygen atoms in total. The van der Waals surface area contributed by atoms with E-state index in [2.05, 4.69) is 10.3 Å². The first kappa shape index (κ1) is 17.3. The van der Waals surface area contributed by atoms with E-state index in [0.717, 1.165) is 18.3 Å². The highest BCUT2D eigenvalue weighted by molar-refractivity contribution is 5.69. The van der Waals surface area contributed by atoms with Crippen molar-refractivity contribution in [2.24, 2.45) is 5.92 Å². The average Bonchev–Trinajstić information content (AvgIpc) is 2.37. The molecule has 0 amide bonds. The maximum Gasteiger partial charge on any atom is 0.416 e. The van der Waals surface area contributed by atoms with Crippen molar-refractivity contribution in [1.29, 1.82) is 0 Å². The summed E-state index contributed by atoms with van der Waals surface area (Å²) in [5.74, 6) is -1.08. The minimum absolute atomic E-state index is 0.0815. The molecule has 0 radical (unpaired) electrons. The number of pyridine rings is 1. The Morgan fingerprint density at radius 2 is 2.05 bits per heavy atom. The first-order valence-corrected chi connectivity index (χ1v) is 6.72. The van der Waals surface area contributed by atoms with E-state index in [0.29, 0.717) is 19.3 Å². The van der Waals surface area contributed by atoms with Crippen molar-refractivity contribution >= 4 is 11.8 Å². The summed E-state index contributed by atoms with van der Waals surface area (Å²) < 4.78 is 37.7. The summed E-state index contributed by atoms with van der Waals surface area (Å²) in [4.78, 5) is 14.5. The van der Waals surface area contributed by atoms with Crippen molar-refractivity contribution in [1.82, 2.24) is 4.98 Å². The lowest BCUT2D eigenvalue weighted by atomic mass is 10.0. The van der Waals surface area contributed by atoms with Crippen LogP contribution in [0.2, 0.25) is 0 Å². The van der Waals surface area contributed by atoms with Crippen molar-refractivity contribution < 1.29 is 23.1 Å². The molecule has 1 rings (SSSR count). The maximum absolute atomic E-state index is 12.6. The average molecular weight is 304 g/mol. The van der Waals surface area contributed by atoms with Crippen LogP contribution < -0.4 is 5.32 Å². The monoisotopic (exact) mass is 304 g/mol. The summed E-state index contributed by atoms with van der Waals surface area (Å²) in [5, 5.41) is 11.7. The number of nitrogens with one attached hydrogen (secondary N) is 1. The highest BCUT2D eigenvalue weighted by Crippen LogP contribution is 2.30. The molecule has 1 heterocycles. The Labute approximate surface area is 121 Å². The van der Waals surface area contributed by atoms with Crippen LogP contribution in [0.4, 0.5) is 19.0 Å². The number of carboxylic acid groups (broad SMARTS) is 1. The first-order chi connectivity index (χ1) is 9.70. The zero-order valence-corrected chi connectivity index (χ0v) is 11.9. The van der Waals surface area contributed by atoms with Gasteiger partial charge in [0.1, 0.15) is 5.82 Å². The van der Waals surface area contributed by atoms with Gasteiger partial charge in [-0.2, -0.15) is 13.2 Å². The lowest BCUT2D eigenvalue weighted by Gasteiger charge is -2.16. The highest BCUT2D eigenvalue weighted by Gasteiger charge is 2.30. The van der Waals surface area contributed by atoms with Gasteiger partial charge in [-0.1, -0.05) is 13.3 Å². The minimum Gasteiger partial charge on any atom is -0.481 e. The van der Waals surface area contributed by atoms with E-state index < -0.39 is 23.6 Å². The van der Waals surface area contributed by atoms with Crippen LogP contribution in [0.15, 0.2) is 18.3 Å². The van der Waals surface area contributed by atoms with Gasteiger partial charge in [0.2, 0.25) is 0 Å². The molecule has 21 heavy (non-hydrogen) atoms. The Kier molecular flexibility index (Phi) is 5.99. The fourth-order valence-electron chi connectivity index (χ4n) is 1.86. The standard InChI is InChI=1S/C14H19F3N2O2/c1-9(13(20)21)4-3-5-10(2)19-12-8-11(6-7-18-12)14(15,16)17/h6-10H,3-5H2,1-2H3,(H,18,19)(H,20,21). The predicted molar refractivity (Wildman–Crippen MR) is 73.0 cm³/mol. The van der Waals surface area contributed by atoms with E-state index in [-0.39, 0.29) is 11.9 Å². The van der Waals surface area contributed by atoms with Gasteiger partial charge < -0.3 is 10.4 Å². The predicted octanol–water partition coefficient (Wildman–Crippen LogP) is 3.79. The van der Waals surface area contributed by atoms with E-state index in [1.165, 1.54) is 0 Å². The molecule has 0 bridgehead atoms. The first-order valence-electron chi connectivity index (χ1n) is 6.72. The summed E-state index contributed by atoms with van der Waals surface area (Å²) in [5.41, 5.74) is -0.744. The second kappa shape index (κ2) is 7.28. The van der Waals surface area contributed by atoms with E-state index >= 15 is 0 Å². The van der Waals surface area contributed by atoms with Gasteiger partial charge >= 0.3 is 12.1 Å². The minimum atomic E-state index is -4.39. The molecule has 0 saturated heterocycles. The Hall–Kier alpha value is -1.79. The lowest BCUT2D eigenvalue weighted by Crippen LogP contribution is -2.18. The van der Waals surface area contributed by atoms with Gasteiger partial charge in [0.15, 0.2) is 0 Å². The van der Waals surface area contributed by atoms with Gasteiger partial charge in [0.05, 0.1) is 11.5 Å². The lowest BCUT2D eigenvalue weighted by molar-refractivity contribution is -0.141. The molecule has 0 fully saturated rings. The Balaban J connectivity index is 2.48. The number of anilines is 1. The third kappa shape index (κ3) is 6.01. The van der Waals surface area contributed by atoms with E-state index in [4.69, 9.17) is 5.11 Å². The van der Waals surface area contributed by atoms with Crippen LogP contribution in [0.1, 0.15) is 38.7 Å². The van der Waals surface area contributed by atoms with Crippen molar-refractivity contribution in [3.63, 3.8) is 0 Å².